The fraction of sp³-hybridized carbons (Fsp3) is 0.308. The molecule has 108 valence electrons. The fourth-order valence-corrected chi connectivity index (χ4v) is 1.38. The van der Waals surface area contributed by atoms with Crippen LogP contribution in [-0.4, -0.2) is 31.1 Å². The van der Waals surface area contributed by atoms with E-state index >= 15 is 0 Å². The Kier molecular flexibility index (Phi) is 6.02. The molecule has 20 heavy (non-hydrogen) atoms. The van der Waals surface area contributed by atoms with Crippen molar-refractivity contribution < 1.29 is 19.1 Å². The molecule has 1 rings (SSSR count). The first-order valence-corrected chi connectivity index (χ1v) is 6.09. The lowest BCUT2D eigenvalue weighted by molar-refractivity contribution is -0.141. The summed E-state index contributed by atoms with van der Waals surface area (Å²) >= 11 is 0. The van der Waals surface area contributed by atoms with E-state index in [0.29, 0.717) is 11.4 Å². The van der Waals surface area contributed by atoms with Crippen molar-refractivity contribution in [3.63, 3.8) is 0 Å². The van der Waals surface area contributed by atoms with Crippen molar-refractivity contribution in [1.82, 2.24) is 5.32 Å². The molecule has 0 radical (unpaired) electrons. The topological polar surface area (TPSA) is 96.5 Å². The van der Waals surface area contributed by atoms with E-state index in [1.807, 2.05) is 0 Å². The van der Waals surface area contributed by atoms with Gasteiger partial charge in [-0.3, -0.25) is 9.59 Å². The second-order valence-corrected chi connectivity index (χ2v) is 3.87. The van der Waals surface area contributed by atoms with Crippen LogP contribution in [0, 0.1) is 0 Å². The van der Waals surface area contributed by atoms with Crippen molar-refractivity contribution in [2.75, 3.05) is 23.8 Å². The van der Waals surface area contributed by atoms with E-state index in [0.717, 1.165) is 0 Å². The number of esters is 1. The number of ether oxygens (including phenoxy) is 1. The van der Waals surface area contributed by atoms with Crippen molar-refractivity contribution in [2.24, 2.45) is 0 Å². The minimum Gasteiger partial charge on any atom is -0.465 e. The maximum Gasteiger partial charge on any atom is 0.325 e. The van der Waals surface area contributed by atoms with E-state index in [-0.39, 0.29) is 19.1 Å². The van der Waals surface area contributed by atoms with E-state index in [9.17, 15) is 14.4 Å². The van der Waals surface area contributed by atoms with E-state index in [1.165, 1.54) is 6.92 Å². The number of carbonyl (C=O) groups is 3. The number of urea groups is 1. The van der Waals surface area contributed by atoms with Crippen LogP contribution in [0.3, 0.4) is 0 Å². The maximum atomic E-state index is 11.5. The van der Waals surface area contributed by atoms with E-state index < -0.39 is 12.0 Å². The van der Waals surface area contributed by atoms with Crippen molar-refractivity contribution in [2.45, 2.75) is 13.8 Å². The number of carbonyl (C=O) groups excluding carboxylic acids is 3. The average Bonchev–Trinajstić information content (AvgIpc) is 2.38. The van der Waals surface area contributed by atoms with Gasteiger partial charge >= 0.3 is 12.0 Å². The lowest BCUT2D eigenvalue weighted by atomic mass is 10.3. The third-order valence-corrected chi connectivity index (χ3v) is 2.16. The van der Waals surface area contributed by atoms with Gasteiger partial charge in [-0.15, -0.1) is 0 Å². The van der Waals surface area contributed by atoms with Crippen LogP contribution in [-0.2, 0) is 14.3 Å². The van der Waals surface area contributed by atoms with Gasteiger partial charge in [-0.1, -0.05) is 0 Å². The molecule has 0 saturated carbocycles. The Morgan fingerprint density at radius 1 is 1.05 bits per heavy atom. The lowest BCUT2D eigenvalue weighted by Gasteiger charge is -2.08. The first-order chi connectivity index (χ1) is 9.51. The summed E-state index contributed by atoms with van der Waals surface area (Å²) in [5.74, 6) is -0.665. The Labute approximate surface area is 116 Å². The Morgan fingerprint density at radius 3 is 2.10 bits per heavy atom. The van der Waals surface area contributed by atoms with Gasteiger partial charge in [-0.05, 0) is 31.2 Å². The largest absolute Gasteiger partial charge is 0.465 e. The molecule has 0 heterocycles. The summed E-state index contributed by atoms with van der Waals surface area (Å²) in [6, 6.07) is 6.07. The van der Waals surface area contributed by atoms with Crippen LogP contribution < -0.4 is 16.0 Å². The lowest BCUT2D eigenvalue weighted by Crippen LogP contribution is -2.34. The first kappa shape index (κ1) is 15.5. The molecular formula is C13H17N3O4. The second-order valence-electron chi connectivity index (χ2n) is 3.87. The van der Waals surface area contributed by atoms with Gasteiger partial charge in [0, 0.05) is 18.3 Å². The SMILES string of the molecule is CCOC(=O)CNC(=O)Nc1ccc(NC(C)=O)cc1. The molecule has 0 aliphatic rings. The Bertz CT molecular complexity index is 485. The van der Waals surface area contributed by atoms with E-state index in [1.54, 1.807) is 31.2 Å². The summed E-state index contributed by atoms with van der Waals surface area (Å²) in [7, 11) is 0. The third kappa shape index (κ3) is 5.85. The first-order valence-electron chi connectivity index (χ1n) is 6.09. The van der Waals surface area contributed by atoms with Crippen LogP contribution in [0.2, 0.25) is 0 Å². The number of rotatable bonds is 5. The quantitative estimate of drug-likeness (QED) is 0.708. The molecule has 0 saturated heterocycles. The van der Waals surface area contributed by atoms with Crippen LogP contribution in [0.5, 0.6) is 0 Å². The normalized spacial score (nSPS) is 9.50. The molecule has 7 nitrogen and oxygen atoms in total. The molecule has 0 bridgehead atoms. The van der Waals surface area contributed by atoms with E-state index in [4.69, 9.17) is 0 Å². The molecule has 3 N–H and O–H groups in total. The third-order valence-electron chi connectivity index (χ3n) is 2.16. The molecule has 0 aromatic heterocycles. The molecule has 1 aromatic carbocycles. The maximum absolute atomic E-state index is 11.5. The highest BCUT2D eigenvalue weighted by Gasteiger charge is 2.06. The zero-order valence-electron chi connectivity index (χ0n) is 11.4. The van der Waals surface area contributed by atoms with Gasteiger partial charge in [0.25, 0.3) is 0 Å². The molecule has 0 unspecified atom stereocenters. The van der Waals surface area contributed by atoms with Crippen molar-refractivity contribution in [3.8, 4) is 0 Å². The van der Waals surface area contributed by atoms with Gasteiger partial charge in [0.1, 0.15) is 6.54 Å². The second kappa shape index (κ2) is 7.78. The van der Waals surface area contributed by atoms with Crippen LogP contribution >= 0.6 is 0 Å². The van der Waals surface area contributed by atoms with Gasteiger partial charge in [-0.25, -0.2) is 4.79 Å². The standard InChI is InChI=1S/C13H17N3O4/c1-3-20-12(18)8-14-13(19)16-11-6-4-10(5-7-11)15-9(2)17/h4-7H,3,8H2,1-2H3,(H,15,17)(H2,14,16,19). The highest BCUT2D eigenvalue weighted by atomic mass is 16.5. The summed E-state index contributed by atoms with van der Waals surface area (Å²) in [4.78, 5) is 33.4. The van der Waals surface area contributed by atoms with E-state index in [2.05, 4.69) is 20.7 Å². The van der Waals surface area contributed by atoms with Gasteiger partial charge in [-0.2, -0.15) is 0 Å². The number of nitrogens with one attached hydrogen (secondary N) is 3. The molecule has 0 aliphatic heterocycles. The summed E-state index contributed by atoms with van der Waals surface area (Å²) in [5.41, 5.74) is 1.18. The molecule has 0 spiro atoms. The summed E-state index contributed by atoms with van der Waals surface area (Å²) in [6.07, 6.45) is 0. The predicted octanol–water partition coefficient (Wildman–Crippen LogP) is 1.33. The molecule has 3 amide bonds. The summed E-state index contributed by atoms with van der Waals surface area (Å²) in [6.45, 7) is 3.18. The number of hydrogen-bond donors (Lipinski definition) is 3. The number of hydrogen-bond acceptors (Lipinski definition) is 4. The van der Waals surface area contributed by atoms with Gasteiger partial charge in [0.15, 0.2) is 0 Å². The molecule has 0 aliphatic carbocycles. The molecule has 7 heteroatoms. The number of amides is 3. The summed E-state index contributed by atoms with van der Waals surface area (Å²) < 4.78 is 4.67. The number of benzene rings is 1. The fourth-order valence-electron chi connectivity index (χ4n) is 1.38. The molecular weight excluding hydrogens is 262 g/mol. The predicted molar refractivity (Wildman–Crippen MR) is 74.4 cm³/mol. The molecule has 0 atom stereocenters. The van der Waals surface area contributed by atoms with Crippen LogP contribution in [0.1, 0.15) is 13.8 Å². The van der Waals surface area contributed by atoms with Crippen LogP contribution in [0.15, 0.2) is 24.3 Å². The van der Waals surface area contributed by atoms with Crippen molar-refractivity contribution in [1.29, 1.82) is 0 Å². The minimum atomic E-state index is -0.509. The highest BCUT2D eigenvalue weighted by Crippen LogP contribution is 2.13. The zero-order chi connectivity index (χ0) is 15.0. The Balaban J connectivity index is 2.42. The monoisotopic (exact) mass is 279 g/mol. The van der Waals surface area contributed by atoms with Gasteiger partial charge in [0.05, 0.1) is 6.61 Å². The van der Waals surface area contributed by atoms with Gasteiger partial charge in [0.2, 0.25) is 5.91 Å². The van der Waals surface area contributed by atoms with Crippen molar-refractivity contribution >= 4 is 29.3 Å². The van der Waals surface area contributed by atoms with Crippen LogP contribution in [0.25, 0.3) is 0 Å². The summed E-state index contributed by atoms with van der Waals surface area (Å²) in [5, 5.41) is 7.53. The van der Waals surface area contributed by atoms with Crippen LogP contribution in [0.4, 0.5) is 16.2 Å². The Hall–Kier alpha value is -2.57. The molecule has 1 aromatic rings. The Morgan fingerprint density at radius 2 is 1.60 bits per heavy atom. The average molecular weight is 279 g/mol. The molecule has 0 fully saturated rings. The minimum absolute atomic E-state index is 0.169. The number of anilines is 2. The van der Waals surface area contributed by atoms with Gasteiger partial charge < -0.3 is 20.7 Å². The van der Waals surface area contributed by atoms with Crippen molar-refractivity contribution in [3.05, 3.63) is 24.3 Å². The smallest absolute Gasteiger partial charge is 0.325 e. The highest BCUT2D eigenvalue weighted by molar-refractivity contribution is 5.92. The zero-order valence-corrected chi connectivity index (χ0v) is 11.4.